The standard InChI is InChI=1S/C14H21FN2O2S/c1-2-13-6-4-3-5-7-17(13)20(18,19)14-9-11(15)8-12(16)10-14/h8-10,13H,2-7,16H2,1H3. The monoisotopic (exact) mass is 300 g/mol. The summed E-state index contributed by atoms with van der Waals surface area (Å²) in [6.45, 7) is 2.48. The van der Waals surface area contributed by atoms with Gasteiger partial charge in [-0.1, -0.05) is 19.8 Å². The van der Waals surface area contributed by atoms with Gasteiger partial charge in [-0.3, -0.25) is 0 Å². The Balaban J connectivity index is 2.41. The second-order valence-corrected chi connectivity index (χ2v) is 7.14. The van der Waals surface area contributed by atoms with E-state index in [0.717, 1.165) is 44.2 Å². The van der Waals surface area contributed by atoms with Crippen LogP contribution in [0.5, 0.6) is 0 Å². The molecule has 0 amide bonds. The number of nitrogen functional groups attached to an aromatic ring is 1. The summed E-state index contributed by atoms with van der Waals surface area (Å²) in [6.07, 6.45) is 4.55. The first kappa shape index (κ1) is 15.3. The van der Waals surface area contributed by atoms with Gasteiger partial charge in [-0.15, -0.1) is 0 Å². The summed E-state index contributed by atoms with van der Waals surface area (Å²) < 4.78 is 40.4. The molecule has 0 aliphatic carbocycles. The van der Waals surface area contributed by atoms with Crippen molar-refractivity contribution in [2.45, 2.75) is 50.0 Å². The predicted molar refractivity (Wildman–Crippen MR) is 77.3 cm³/mol. The number of nitrogens with two attached hydrogens (primary N) is 1. The van der Waals surface area contributed by atoms with Crippen LogP contribution in [0.25, 0.3) is 0 Å². The first-order chi connectivity index (χ1) is 9.45. The third-order valence-corrected chi connectivity index (χ3v) is 5.72. The van der Waals surface area contributed by atoms with E-state index in [1.165, 1.54) is 10.4 Å². The molecular weight excluding hydrogens is 279 g/mol. The number of halogens is 1. The van der Waals surface area contributed by atoms with E-state index in [1.54, 1.807) is 0 Å². The van der Waals surface area contributed by atoms with Crippen molar-refractivity contribution in [3.63, 3.8) is 0 Å². The van der Waals surface area contributed by atoms with E-state index >= 15 is 0 Å². The fraction of sp³-hybridized carbons (Fsp3) is 0.571. The lowest BCUT2D eigenvalue weighted by molar-refractivity contribution is 0.315. The molecule has 2 N–H and O–H groups in total. The van der Waals surface area contributed by atoms with Gasteiger partial charge in [-0.2, -0.15) is 4.31 Å². The molecule has 1 fully saturated rings. The molecule has 1 aliphatic heterocycles. The smallest absolute Gasteiger partial charge is 0.243 e. The summed E-state index contributed by atoms with van der Waals surface area (Å²) in [5, 5.41) is 0. The molecule has 1 aromatic rings. The number of nitrogens with zero attached hydrogens (tertiary/aromatic N) is 1. The van der Waals surface area contributed by atoms with Gasteiger partial charge in [0.15, 0.2) is 0 Å². The maximum Gasteiger partial charge on any atom is 0.243 e. The van der Waals surface area contributed by atoms with Crippen molar-refractivity contribution in [2.75, 3.05) is 12.3 Å². The molecule has 1 unspecified atom stereocenters. The van der Waals surface area contributed by atoms with Crippen molar-refractivity contribution < 1.29 is 12.8 Å². The van der Waals surface area contributed by atoms with Gasteiger partial charge in [-0.05, 0) is 37.5 Å². The largest absolute Gasteiger partial charge is 0.399 e. The lowest BCUT2D eigenvalue weighted by atomic mass is 10.1. The Hall–Kier alpha value is -1.14. The van der Waals surface area contributed by atoms with Crippen LogP contribution in [0.1, 0.15) is 39.0 Å². The molecule has 6 heteroatoms. The Labute approximate surface area is 119 Å². The van der Waals surface area contributed by atoms with Crippen molar-refractivity contribution >= 4 is 15.7 Å². The molecule has 0 spiro atoms. The molecule has 2 rings (SSSR count). The maximum atomic E-state index is 13.4. The van der Waals surface area contributed by atoms with Crippen LogP contribution < -0.4 is 5.73 Å². The van der Waals surface area contributed by atoms with E-state index in [0.29, 0.717) is 6.54 Å². The predicted octanol–water partition coefficient (Wildman–Crippen LogP) is 2.75. The second-order valence-electron chi connectivity index (χ2n) is 5.25. The summed E-state index contributed by atoms with van der Waals surface area (Å²) in [5.74, 6) is -0.619. The van der Waals surface area contributed by atoms with Crippen LogP contribution in [0.15, 0.2) is 23.1 Å². The number of hydrogen-bond donors (Lipinski definition) is 1. The van der Waals surface area contributed by atoms with Crippen LogP contribution in [0, 0.1) is 5.82 Å². The Bertz CT molecular complexity index is 554. The molecule has 112 valence electrons. The third kappa shape index (κ3) is 3.12. The second kappa shape index (κ2) is 6.10. The zero-order chi connectivity index (χ0) is 14.8. The van der Waals surface area contributed by atoms with E-state index in [9.17, 15) is 12.8 Å². The third-order valence-electron chi connectivity index (χ3n) is 3.79. The van der Waals surface area contributed by atoms with Crippen LogP contribution in [0.4, 0.5) is 10.1 Å². The summed E-state index contributed by atoms with van der Waals surface area (Å²) in [7, 11) is -3.68. The Morgan fingerprint density at radius 2 is 2.05 bits per heavy atom. The average molecular weight is 300 g/mol. The highest BCUT2D eigenvalue weighted by atomic mass is 32.2. The molecule has 1 atom stereocenters. The van der Waals surface area contributed by atoms with Gasteiger partial charge >= 0.3 is 0 Å². The van der Waals surface area contributed by atoms with Crippen molar-refractivity contribution in [1.29, 1.82) is 0 Å². The Morgan fingerprint density at radius 3 is 2.70 bits per heavy atom. The van der Waals surface area contributed by atoms with Crippen molar-refractivity contribution in [2.24, 2.45) is 0 Å². The van der Waals surface area contributed by atoms with Crippen LogP contribution in [-0.4, -0.2) is 25.3 Å². The zero-order valence-electron chi connectivity index (χ0n) is 11.7. The van der Waals surface area contributed by atoms with E-state index in [2.05, 4.69) is 0 Å². The molecule has 0 bridgehead atoms. The van der Waals surface area contributed by atoms with Crippen molar-refractivity contribution in [3.05, 3.63) is 24.0 Å². The van der Waals surface area contributed by atoms with Crippen LogP contribution in [-0.2, 0) is 10.0 Å². The van der Waals surface area contributed by atoms with Gasteiger partial charge in [0.25, 0.3) is 0 Å². The van der Waals surface area contributed by atoms with Gasteiger partial charge in [0.1, 0.15) is 5.82 Å². The molecule has 4 nitrogen and oxygen atoms in total. The maximum absolute atomic E-state index is 13.4. The molecule has 1 heterocycles. The normalized spacial score (nSPS) is 21.6. The Kier molecular flexibility index (Phi) is 4.65. The van der Waals surface area contributed by atoms with Crippen LogP contribution >= 0.6 is 0 Å². The lowest BCUT2D eigenvalue weighted by Crippen LogP contribution is -2.39. The number of benzene rings is 1. The van der Waals surface area contributed by atoms with Gasteiger partial charge < -0.3 is 5.73 Å². The fourth-order valence-corrected chi connectivity index (χ4v) is 4.58. The van der Waals surface area contributed by atoms with Gasteiger partial charge in [0.05, 0.1) is 4.90 Å². The highest BCUT2D eigenvalue weighted by Gasteiger charge is 2.31. The fourth-order valence-electron chi connectivity index (χ4n) is 2.74. The van der Waals surface area contributed by atoms with E-state index in [1.807, 2.05) is 6.92 Å². The summed E-state index contributed by atoms with van der Waals surface area (Å²) in [6, 6.07) is 3.49. The first-order valence-electron chi connectivity index (χ1n) is 7.03. The molecule has 0 radical (unpaired) electrons. The number of sulfonamides is 1. The van der Waals surface area contributed by atoms with Crippen molar-refractivity contribution in [3.8, 4) is 0 Å². The summed E-state index contributed by atoms with van der Waals surface area (Å²) in [4.78, 5) is -0.0460. The topological polar surface area (TPSA) is 63.4 Å². The minimum absolute atomic E-state index is 0.00741. The van der Waals surface area contributed by atoms with E-state index in [-0.39, 0.29) is 16.6 Å². The highest BCUT2D eigenvalue weighted by molar-refractivity contribution is 7.89. The molecule has 1 aromatic carbocycles. The summed E-state index contributed by atoms with van der Waals surface area (Å²) in [5.41, 5.74) is 5.69. The molecule has 1 saturated heterocycles. The molecule has 0 saturated carbocycles. The first-order valence-corrected chi connectivity index (χ1v) is 8.47. The molecule has 1 aliphatic rings. The number of hydrogen-bond acceptors (Lipinski definition) is 3. The van der Waals surface area contributed by atoms with Gasteiger partial charge in [0, 0.05) is 18.3 Å². The number of rotatable bonds is 3. The van der Waals surface area contributed by atoms with Crippen LogP contribution in [0.2, 0.25) is 0 Å². The van der Waals surface area contributed by atoms with Crippen LogP contribution in [0.3, 0.4) is 0 Å². The quantitative estimate of drug-likeness (QED) is 0.873. The number of anilines is 1. The SMILES string of the molecule is CCC1CCCCCN1S(=O)(=O)c1cc(N)cc(F)c1. The average Bonchev–Trinajstić information content (AvgIpc) is 2.62. The van der Waals surface area contributed by atoms with Crippen molar-refractivity contribution in [1.82, 2.24) is 4.31 Å². The molecular formula is C14H21FN2O2S. The summed E-state index contributed by atoms with van der Waals surface area (Å²) >= 11 is 0. The van der Waals surface area contributed by atoms with E-state index in [4.69, 9.17) is 5.73 Å². The molecule has 0 aromatic heterocycles. The van der Waals surface area contributed by atoms with Gasteiger partial charge in [-0.25, -0.2) is 12.8 Å². The highest BCUT2D eigenvalue weighted by Crippen LogP contribution is 2.27. The van der Waals surface area contributed by atoms with E-state index < -0.39 is 15.8 Å². The zero-order valence-corrected chi connectivity index (χ0v) is 12.5. The lowest BCUT2D eigenvalue weighted by Gasteiger charge is -2.28. The molecule has 20 heavy (non-hydrogen) atoms. The minimum Gasteiger partial charge on any atom is -0.399 e. The van der Waals surface area contributed by atoms with Gasteiger partial charge in [0.2, 0.25) is 10.0 Å². The minimum atomic E-state index is -3.68. The Morgan fingerprint density at radius 1 is 1.30 bits per heavy atom.